The predicted octanol–water partition coefficient (Wildman–Crippen LogP) is 2.06. The average Bonchev–Trinajstić information content (AvgIpc) is 2.17. The van der Waals surface area contributed by atoms with Gasteiger partial charge in [-0.3, -0.25) is 4.79 Å². The summed E-state index contributed by atoms with van der Waals surface area (Å²) in [5, 5.41) is 2.23. The molecule has 3 N–H and O–H groups in total. The van der Waals surface area contributed by atoms with Gasteiger partial charge in [0.2, 0.25) is 5.91 Å². The number of alkyl halides is 4. The summed E-state index contributed by atoms with van der Waals surface area (Å²) in [6.07, 6.45) is -4.41. The van der Waals surface area contributed by atoms with Crippen molar-refractivity contribution in [2.45, 2.75) is 6.18 Å². The number of amides is 1. The van der Waals surface area contributed by atoms with Crippen LogP contribution < -0.4 is 5.32 Å². The van der Waals surface area contributed by atoms with Crippen LogP contribution in [0.3, 0.4) is 0 Å². The number of halogens is 4. The normalized spacial score (nSPS) is 10.5. The second-order valence-corrected chi connectivity index (χ2v) is 3.03. The van der Waals surface area contributed by atoms with Crippen LogP contribution in [-0.2, 0) is 11.0 Å². The Hall–Kier alpha value is -1.27. The summed E-state index contributed by atoms with van der Waals surface area (Å²) in [4.78, 5) is 10.8. The Kier molecular flexibility index (Phi) is 5.26. The van der Waals surface area contributed by atoms with Gasteiger partial charge >= 0.3 is 6.18 Å². The van der Waals surface area contributed by atoms with E-state index in [-0.39, 0.29) is 17.0 Å². The summed E-state index contributed by atoms with van der Waals surface area (Å²) in [5.74, 6) is -0.841. The SMILES string of the molecule is O.O=C(CCl)Nc1cccc(C(F)(F)F)c1. The van der Waals surface area contributed by atoms with Crippen molar-refractivity contribution in [1.82, 2.24) is 0 Å². The first kappa shape index (κ1) is 14.7. The first-order chi connectivity index (χ1) is 6.93. The highest BCUT2D eigenvalue weighted by molar-refractivity contribution is 6.29. The van der Waals surface area contributed by atoms with E-state index < -0.39 is 17.6 Å². The van der Waals surface area contributed by atoms with Gasteiger partial charge in [-0.1, -0.05) is 6.07 Å². The minimum Gasteiger partial charge on any atom is -0.412 e. The molecule has 1 rings (SSSR count). The molecule has 0 atom stereocenters. The van der Waals surface area contributed by atoms with Crippen LogP contribution in [0, 0.1) is 0 Å². The Labute approximate surface area is 94.5 Å². The summed E-state index contributed by atoms with van der Waals surface area (Å²) in [7, 11) is 0. The highest BCUT2D eigenvalue weighted by atomic mass is 35.5. The van der Waals surface area contributed by atoms with Crippen LogP contribution in [0.15, 0.2) is 24.3 Å². The summed E-state index contributed by atoms with van der Waals surface area (Å²) < 4.78 is 36.7. The van der Waals surface area contributed by atoms with Crippen LogP contribution in [-0.4, -0.2) is 17.3 Å². The predicted molar refractivity (Wildman–Crippen MR) is 54.4 cm³/mol. The van der Waals surface area contributed by atoms with Gasteiger partial charge in [0.25, 0.3) is 0 Å². The summed E-state index contributed by atoms with van der Waals surface area (Å²) >= 11 is 5.20. The smallest absolute Gasteiger partial charge is 0.412 e. The van der Waals surface area contributed by atoms with E-state index in [0.29, 0.717) is 0 Å². The van der Waals surface area contributed by atoms with Crippen molar-refractivity contribution in [3.63, 3.8) is 0 Å². The summed E-state index contributed by atoms with van der Waals surface area (Å²) in [5.41, 5.74) is -0.731. The largest absolute Gasteiger partial charge is 0.416 e. The van der Waals surface area contributed by atoms with Crippen molar-refractivity contribution in [3.05, 3.63) is 29.8 Å². The third-order valence-corrected chi connectivity index (χ3v) is 1.84. The molecule has 1 aromatic carbocycles. The number of nitrogens with one attached hydrogen (secondary N) is 1. The molecule has 0 aliphatic carbocycles. The van der Waals surface area contributed by atoms with E-state index in [1.54, 1.807) is 0 Å². The van der Waals surface area contributed by atoms with Crippen molar-refractivity contribution < 1.29 is 23.4 Å². The van der Waals surface area contributed by atoms with Gasteiger partial charge in [0.15, 0.2) is 0 Å². The van der Waals surface area contributed by atoms with Crippen LogP contribution in [0.1, 0.15) is 5.56 Å². The minimum atomic E-state index is -4.41. The number of benzene rings is 1. The van der Waals surface area contributed by atoms with E-state index in [1.807, 2.05) is 0 Å². The zero-order chi connectivity index (χ0) is 11.5. The number of carbonyl (C=O) groups excluding carboxylic acids is 1. The second-order valence-electron chi connectivity index (χ2n) is 2.76. The number of anilines is 1. The van der Waals surface area contributed by atoms with E-state index in [2.05, 4.69) is 5.32 Å². The standard InChI is InChI=1S/C9H7ClF3NO.H2O/c10-5-8(15)14-7-3-1-2-6(4-7)9(11,12)13;/h1-4H,5H2,(H,14,15);1H2. The first-order valence-electron chi connectivity index (χ1n) is 3.96. The van der Waals surface area contributed by atoms with Gasteiger partial charge in [-0.15, -0.1) is 11.6 Å². The molecule has 0 saturated heterocycles. The molecule has 0 fully saturated rings. The maximum absolute atomic E-state index is 12.2. The Morgan fingerprint density at radius 2 is 2.00 bits per heavy atom. The van der Waals surface area contributed by atoms with Crippen LogP contribution in [0.25, 0.3) is 0 Å². The monoisotopic (exact) mass is 255 g/mol. The molecule has 0 spiro atoms. The lowest BCUT2D eigenvalue weighted by Crippen LogP contribution is -2.13. The molecule has 0 aliphatic heterocycles. The van der Waals surface area contributed by atoms with Crippen molar-refractivity contribution >= 4 is 23.2 Å². The number of rotatable bonds is 2. The molecule has 0 radical (unpaired) electrons. The molecule has 7 heteroatoms. The highest BCUT2D eigenvalue weighted by Gasteiger charge is 2.30. The lowest BCUT2D eigenvalue weighted by molar-refractivity contribution is -0.137. The minimum absolute atomic E-state index is 0. The van der Waals surface area contributed by atoms with Gasteiger partial charge in [-0.25, -0.2) is 0 Å². The van der Waals surface area contributed by atoms with Crippen LogP contribution in [0.2, 0.25) is 0 Å². The van der Waals surface area contributed by atoms with E-state index in [0.717, 1.165) is 12.1 Å². The maximum atomic E-state index is 12.2. The molecule has 0 aromatic heterocycles. The van der Waals surface area contributed by atoms with E-state index in [4.69, 9.17) is 11.6 Å². The zero-order valence-electron chi connectivity index (χ0n) is 7.94. The van der Waals surface area contributed by atoms with Crippen LogP contribution in [0.4, 0.5) is 18.9 Å². The Morgan fingerprint density at radius 3 is 2.50 bits per heavy atom. The Morgan fingerprint density at radius 1 is 1.38 bits per heavy atom. The molecule has 3 nitrogen and oxygen atoms in total. The first-order valence-corrected chi connectivity index (χ1v) is 4.50. The molecule has 1 aromatic rings. The second kappa shape index (κ2) is 5.72. The lowest BCUT2D eigenvalue weighted by atomic mass is 10.2. The third-order valence-electron chi connectivity index (χ3n) is 1.60. The fourth-order valence-electron chi connectivity index (χ4n) is 0.968. The molecule has 0 heterocycles. The van der Waals surface area contributed by atoms with Gasteiger partial charge in [0, 0.05) is 5.69 Å². The Bertz CT molecular complexity index is 368. The molecule has 1 amide bonds. The van der Waals surface area contributed by atoms with Gasteiger partial charge < -0.3 is 10.8 Å². The van der Waals surface area contributed by atoms with Crippen molar-refractivity contribution in [1.29, 1.82) is 0 Å². The number of carbonyl (C=O) groups is 1. The molecule has 0 aliphatic rings. The maximum Gasteiger partial charge on any atom is 0.416 e. The lowest BCUT2D eigenvalue weighted by Gasteiger charge is -2.08. The van der Waals surface area contributed by atoms with Crippen molar-refractivity contribution in [3.8, 4) is 0 Å². The molecule has 0 saturated carbocycles. The molecule has 90 valence electrons. The molecule has 0 unspecified atom stereocenters. The third kappa shape index (κ3) is 4.08. The van der Waals surface area contributed by atoms with Crippen molar-refractivity contribution in [2.24, 2.45) is 0 Å². The van der Waals surface area contributed by atoms with E-state index in [1.165, 1.54) is 12.1 Å². The topological polar surface area (TPSA) is 60.6 Å². The van der Waals surface area contributed by atoms with Crippen LogP contribution >= 0.6 is 11.6 Å². The van der Waals surface area contributed by atoms with Gasteiger partial charge in [0.1, 0.15) is 5.88 Å². The van der Waals surface area contributed by atoms with Gasteiger partial charge in [-0.2, -0.15) is 13.2 Å². The Balaban J connectivity index is 0.00000225. The quantitative estimate of drug-likeness (QED) is 0.808. The van der Waals surface area contributed by atoms with Crippen LogP contribution in [0.5, 0.6) is 0 Å². The van der Waals surface area contributed by atoms with Gasteiger partial charge in [-0.05, 0) is 18.2 Å². The fourth-order valence-corrected chi connectivity index (χ4v) is 1.03. The average molecular weight is 256 g/mol. The van der Waals surface area contributed by atoms with Gasteiger partial charge in [0.05, 0.1) is 5.56 Å². The molecule has 0 bridgehead atoms. The molecular weight excluding hydrogens is 247 g/mol. The van der Waals surface area contributed by atoms with Crippen molar-refractivity contribution in [2.75, 3.05) is 11.2 Å². The highest BCUT2D eigenvalue weighted by Crippen LogP contribution is 2.30. The number of hydrogen-bond donors (Lipinski definition) is 1. The summed E-state index contributed by atoms with van der Waals surface area (Å²) in [6, 6.07) is 4.35. The molecular formula is C9H9ClF3NO2. The van der Waals surface area contributed by atoms with E-state index >= 15 is 0 Å². The van der Waals surface area contributed by atoms with E-state index in [9.17, 15) is 18.0 Å². The zero-order valence-corrected chi connectivity index (χ0v) is 8.69. The molecule has 16 heavy (non-hydrogen) atoms. The fraction of sp³-hybridized carbons (Fsp3) is 0.222. The summed E-state index contributed by atoms with van der Waals surface area (Å²) in [6.45, 7) is 0. The number of hydrogen-bond acceptors (Lipinski definition) is 1.